The number of hydrogen-bond donors (Lipinski definition) is 2. The van der Waals surface area contributed by atoms with E-state index in [1.54, 1.807) is 24.3 Å². The molecule has 0 unspecified atom stereocenters. The van der Waals surface area contributed by atoms with Gasteiger partial charge in [-0.3, -0.25) is 4.90 Å². The topological polar surface area (TPSA) is 84.8 Å². The third-order valence-corrected chi connectivity index (χ3v) is 9.20. The molecule has 232 valence electrons. The predicted molar refractivity (Wildman–Crippen MR) is 162 cm³/mol. The number of alkyl halides is 3. The summed E-state index contributed by atoms with van der Waals surface area (Å²) in [6.07, 6.45) is 0.834. The predicted octanol–water partition coefficient (Wildman–Crippen LogP) is 5.13. The van der Waals surface area contributed by atoms with Crippen LogP contribution in [0.1, 0.15) is 31.4 Å². The van der Waals surface area contributed by atoms with Crippen LogP contribution in [0.2, 0.25) is 0 Å². The molecule has 1 aliphatic heterocycles. The van der Waals surface area contributed by atoms with Gasteiger partial charge in [-0.1, -0.05) is 12.0 Å². The van der Waals surface area contributed by atoms with Crippen LogP contribution in [0, 0.1) is 11.8 Å². The molecule has 1 saturated carbocycles. The first kappa shape index (κ1) is 31.0. The normalized spacial score (nSPS) is 19.9. The van der Waals surface area contributed by atoms with Crippen LogP contribution in [-0.2, 0) is 21.1 Å². The molecule has 0 spiro atoms. The van der Waals surface area contributed by atoms with Gasteiger partial charge in [-0.05, 0) is 61.9 Å². The number of anilines is 2. The molecule has 1 aliphatic carbocycles. The molecular weight excluding hydrogens is 581 g/mol. The number of nitrogens with zero attached hydrogens (tertiary/aromatic N) is 2. The van der Waals surface area contributed by atoms with Gasteiger partial charge in [-0.15, -0.1) is 0 Å². The highest BCUT2D eigenvalue weighted by Gasteiger charge is 2.31. The number of fused-ring (bicyclic) bond motifs is 1. The van der Waals surface area contributed by atoms with Gasteiger partial charge in [0.05, 0.1) is 48.7 Å². The minimum absolute atomic E-state index is 0.111. The van der Waals surface area contributed by atoms with E-state index >= 15 is 0 Å². The van der Waals surface area contributed by atoms with E-state index in [2.05, 4.69) is 27.4 Å². The van der Waals surface area contributed by atoms with E-state index in [4.69, 9.17) is 9.47 Å². The molecule has 1 aromatic heterocycles. The lowest BCUT2D eigenvalue weighted by molar-refractivity contribution is -0.140. The van der Waals surface area contributed by atoms with Crippen molar-refractivity contribution in [3.63, 3.8) is 0 Å². The molecule has 5 rings (SSSR count). The Morgan fingerprint density at radius 3 is 2.47 bits per heavy atom. The van der Waals surface area contributed by atoms with E-state index in [1.165, 1.54) is 23.8 Å². The molecule has 12 heteroatoms. The second-order valence-corrected chi connectivity index (χ2v) is 13.1. The first-order valence-electron chi connectivity index (χ1n) is 14.4. The van der Waals surface area contributed by atoms with Gasteiger partial charge < -0.3 is 24.7 Å². The molecule has 0 amide bonds. The third-order valence-electron chi connectivity index (χ3n) is 8.09. The molecule has 0 atom stereocenters. The van der Waals surface area contributed by atoms with E-state index in [9.17, 15) is 21.6 Å². The second kappa shape index (κ2) is 13.1. The van der Waals surface area contributed by atoms with E-state index < -0.39 is 22.6 Å². The van der Waals surface area contributed by atoms with Crippen molar-refractivity contribution in [1.29, 1.82) is 0 Å². The Hall–Kier alpha value is -3.40. The smallest absolute Gasteiger partial charge is 0.406 e. The van der Waals surface area contributed by atoms with Crippen molar-refractivity contribution >= 4 is 32.1 Å². The number of hydrogen-bond acceptors (Lipinski definition) is 7. The monoisotopic (exact) mass is 618 g/mol. The maximum Gasteiger partial charge on any atom is 0.406 e. The van der Waals surface area contributed by atoms with E-state index in [0.29, 0.717) is 28.4 Å². The SMILES string of the molecule is COc1cc(S(C)(=O)=O)ccc1NCC#Cc1cc2c(N[C@H]3CC[C@@H](N4CCOCC4)CC3)cccc2n1CC(F)(F)F. The molecule has 2 N–H and O–H groups in total. The van der Waals surface area contributed by atoms with Crippen LogP contribution in [0.3, 0.4) is 0 Å². The highest BCUT2D eigenvalue weighted by atomic mass is 32.2. The number of ether oxygens (including phenoxy) is 2. The number of rotatable bonds is 8. The van der Waals surface area contributed by atoms with Gasteiger partial charge in [-0.25, -0.2) is 8.42 Å². The highest BCUT2D eigenvalue weighted by Crippen LogP contribution is 2.33. The Labute approximate surface area is 250 Å². The lowest BCUT2D eigenvalue weighted by atomic mass is 9.89. The van der Waals surface area contributed by atoms with Crippen LogP contribution in [0.4, 0.5) is 24.5 Å². The summed E-state index contributed by atoms with van der Waals surface area (Å²) in [6.45, 7) is 2.46. The van der Waals surface area contributed by atoms with Gasteiger partial charge in [0.25, 0.3) is 0 Å². The molecule has 1 saturated heterocycles. The summed E-state index contributed by atoms with van der Waals surface area (Å²) in [7, 11) is -1.98. The van der Waals surface area contributed by atoms with Crippen molar-refractivity contribution in [2.45, 2.75) is 55.4 Å². The second-order valence-electron chi connectivity index (χ2n) is 11.1. The molecular formula is C31H37F3N4O4S. The summed E-state index contributed by atoms with van der Waals surface area (Å²) in [5.74, 6) is 6.15. The summed E-state index contributed by atoms with van der Waals surface area (Å²) in [4.78, 5) is 2.63. The molecule has 8 nitrogen and oxygen atoms in total. The third kappa shape index (κ3) is 7.77. The van der Waals surface area contributed by atoms with Gasteiger partial charge in [0.15, 0.2) is 9.84 Å². The molecule has 43 heavy (non-hydrogen) atoms. The van der Waals surface area contributed by atoms with Crippen molar-refractivity contribution < 1.29 is 31.1 Å². The van der Waals surface area contributed by atoms with Crippen LogP contribution in [0.25, 0.3) is 10.9 Å². The fraction of sp³-hybridized carbons (Fsp3) is 0.484. The van der Waals surface area contributed by atoms with Crippen LogP contribution in [0.15, 0.2) is 47.4 Å². The Kier molecular flexibility index (Phi) is 9.44. The van der Waals surface area contributed by atoms with Crippen molar-refractivity contribution in [3.8, 4) is 17.6 Å². The summed E-state index contributed by atoms with van der Waals surface area (Å²) >= 11 is 0. The standard InChI is InChI=1S/C31H37F3N4O4S/c1-41-30-20-25(43(2,39)40)12-13-28(30)35-14-4-5-24-19-26-27(6-3-7-29(26)38(24)21-31(32,33)34)36-22-8-10-23(11-9-22)37-15-17-42-18-16-37/h3,6-7,12-13,19-20,22-23,35-36H,8-11,14-18,21H2,1-2H3/t22-,23+. The summed E-state index contributed by atoms with van der Waals surface area (Å²) in [6, 6.07) is 12.4. The van der Waals surface area contributed by atoms with E-state index in [0.717, 1.165) is 63.9 Å². The molecule has 2 aromatic carbocycles. The zero-order chi connectivity index (χ0) is 30.6. The Bertz CT molecular complexity index is 1600. The molecule has 2 aliphatic rings. The molecule has 0 radical (unpaired) electrons. The lowest BCUT2D eigenvalue weighted by Crippen LogP contribution is -2.46. The zero-order valence-corrected chi connectivity index (χ0v) is 25.2. The van der Waals surface area contributed by atoms with Crippen LogP contribution in [0.5, 0.6) is 5.75 Å². The maximum absolute atomic E-state index is 13.6. The van der Waals surface area contributed by atoms with Gasteiger partial charge >= 0.3 is 6.18 Å². The first-order chi connectivity index (χ1) is 20.5. The minimum atomic E-state index is -4.42. The number of halogens is 3. The van der Waals surface area contributed by atoms with Gasteiger partial charge in [0.1, 0.15) is 12.3 Å². The largest absolute Gasteiger partial charge is 0.495 e. The fourth-order valence-electron chi connectivity index (χ4n) is 5.93. The Balaban J connectivity index is 1.33. The Morgan fingerprint density at radius 2 is 1.79 bits per heavy atom. The number of methoxy groups -OCH3 is 1. The van der Waals surface area contributed by atoms with E-state index in [1.807, 2.05) is 6.07 Å². The van der Waals surface area contributed by atoms with Crippen LogP contribution >= 0.6 is 0 Å². The highest BCUT2D eigenvalue weighted by molar-refractivity contribution is 7.90. The Morgan fingerprint density at radius 1 is 1.05 bits per heavy atom. The van der Waals surface area contributed by atoms with Crippen molar-refractivity contribution in [2.75, 3.05) is 56.8 Å². The number of sulfone groups is 1. The fourth-order valence-corrected chi connectivity index (χ4v) is 6.57. The first-order valence-corrected chi connectivity index (χ1v) is 16.3. The summed E-state index contributed by atoms with van der Waals surface area (Å²) < 4.78 is 76.6. The molecule has 3 aromatic rings. The zero-order valence-electron chi connectivity index (χ0n) is 24.3. The van der Waals surface area contributed by atoms with Crippen molar-refractivity contribution in [2.24, 2.45) is 0 Å². The molecule has 0 bridgehead atoms. The lowest BCUT2D eigenvalue weighted by Gasteiger charge is -2.39. The number of aromatic nitrogens is 1. The number of morpholine rings is 1. The number of benzene rings is 2. The van der Waals surface area contributed by atoms with Gasteiger partial charge in [0, 0.05) is 48.6 Å². The average molecular weight is 619 g/mol. The summed E-state index contributed by atoms with van der Waals surface area (Å²) in [5.41, 5.74) is 2.07. The van der Waals surface area contributed by atoms with Crippen molar-refractivity contribution in [1.82, 2.24) is 9.47 Å². The minimum Gasteiger partial charge on any atom is -0.495 e. The van der Waals surface area contributed by atoms with Crippen molar-refractivity contribution in [3.05, 3.63) is 48.2 Å². The number of nitrogens with one attached hydrogen (secondary N) is 2. The molecule has 2 fully saturated rings. The summed E-state index contributed by atoms with van der Waals surface area (Å²) in [5, 5.41) is 7.38. The molecule has 2 heterocycles. The van der Waals surface area contributed by atoms with Gasteiger partial charge in [0.2, 0.25) is 0 Å². The van der Waals surface area contributed by atoms with Crippen LogP contribution < -0.4 is 15.4 Å². The quantitative estimate of drug-likeness (QED) is 0.339. The van der Waals surface area contributed by atoms with Crippen LogP contribution in [-0.4, -0.2) is 82.4 Å². The van der Waals surface area contributed by atoms with Gasteiger partial charge in [-0.2, -0.15) is 13.2 Å². The maximum atomic E-state index is 13.6. The van der Waals surface area contributed by atoms with E-state index in [-0.39, 0.29) is 23.2 Å². The average Bonchev–Trinajstić information content (AvgIpc) is 3.32.